The molecule has 1 saturated heterocycles. The van der Waals surface area contributed by atoms with Gasteiger partial charge in [0.1, 0.15) is 5.56 Å². The van der Waals surface area contributed by atoms with Crippen LogP contribution in [0.2, 0.25) is 0 Å². The summed E-state index contributed by atoms with van der Waals surface area (Å²) in [6.45, 7) is 3.33. The third-order valence-corrected chi connectivity index (χ3v) is 5.29. The molecule has 0 saturated carbocycles. The van der Waals surface area contributed by atoms with Crippen LogP contribution in [0.25, 0.3) is 11.0 Å². The van der Waals surface area contributed by atoms with E-state index in [2.05, 4.69) is 17.2 Å². The average molecular weight is 406 g/mol. The molecule has 0 radical (unpaired) electrons. The molecule has 1 N–H and O–H groups in total. The quantitative estimate of drug-likeness (QED) is 0.668. The number of nitrogens with one attached hydrogen (secondary N) is 1. The van der Waals surface area contributed by atoms with E-state index in [1.54, 1.807) is 13.2 Å². The van der Waals surface area contributed by atoms with Crippen LogP contribution in [0.5, 0.6) is 5.75 Å². The first kappa shape index (κ1) is 20.2. The van der Waals surface area contributed by atoms with Crippen LogP contribution in [0.4, 0.5) is 5.69 Å². The van der Waals surface area contributed by atoms with Crippen LogP contribution < -0.4 is 15.6 Å². The average Bonchev–Trinajstić information content (AvgIpc) is 3.31. The molecular formula is C24H26N2O4. The maximum absolute atomic E-state index is 13.0. The van der Waals surface area contributed by atoms with E-state index in [4.69, 9.17) is 13.9 Å². The topological polar surface area (TPSA) is 73.1 Å². The molecule has 0 spiro atoms. The summed E-state index contributed by atoms with van der Waals surface area (Å²) in [4.78, 5) is 17.6. The lowest BCUT2D eigenvalue weighted by atomic mass is 10.1. The minimum Gasteiger partial charge on any atom is -0.493 e. The van der Waals surface area contributed by atoms with Gasteiger partial charge in [0, 0.05) is 18.5 Å². The van der Waals surface area contributed by atoms with Gasteiger partial charge >= 0.3 is 0 Å². The fraction of sp³-hybridized carbons (Fsp3) is 0.333. The van der Waals surface area contributed by atoms with Crippen molar-refractivity contribution in [3.05, 3.63) is 65.2 Å². The SMILES string of the molecule is CCc1ccc(N=c2oc3c(OC)cccc3cc2C(=O)NCC2CCCO2)cc1. The highest BCUT2D eigenvalue weighted by Gasteiger charge is 2.19. The second-order valence-electron chi connectivity index (χ2n) is 7.32. The standard InChI is InChI=1S/C24H26N2O4/c1-3-16-9-11-18(12-10-16)26-24-20(23(27)25-15-19-7-5-13-29-19)14-17-6-4-8-21(28-2)22(17)30-24/h4,6,8-12,14,19H,3,5,7,13,15H2,1-2H3,(H,25,27). The Morgan fingerprint density at radius 1 is 1.23 bits per heavy atom. The third-order valence-electron chi connectivity index (χ3n) is 5.29. The van der Waals surface area contributed by atoms with Gasteiger partial charge in [0.25, 0.3) is 5.91 Å². The van der Waals surface area contributed by atoms with E-state index in [1.165, 1.54) is 5.56 Å². The molecule has 0 bridgehead atoms. The smallest absolute Gasteiger partial charge is 0.256 e. The molecule has 30 heavy (non-hydrogen) atoms. The van der Waals surface area contributed by atoms with E-state index in [9.17, 15) is 4.79 Å². The van der Waals surface area contributed by atoms with Crippen molar-refractivity contribution in [3.63, 3.8) is 0 Å². The van der Waals surface area contributed by atoms with Crippen molar-refractivity contribution in [2.75, 3.05) is 20.3 Å². The molecule has 0 aliphatic carbocycles. The van der Waals surface area contributed by atoms with Crippen LogP contribution in [0.1, 0.15) is 35.7 Å². The van der Waals surface area contributed by atoms with Crippen molar-refractivity contribution in [1.29, 1.82) is 0 Å². The minimum absolute atomic E-state index is 0.0633. The maximum atomic E-state index is 13.0. The van der Waals surface area contributed by atoms with E-state index >= 15 is 0 Å². The second kappa shape index (κ2) is 9.13. The summed E-state index contributed by atoms with van der Waals surface area (Å²) in [6, 6.07) is 15.3. The van der Waals surface area contributed by atoms with Crippen molar-refractivity contribution >= 4 is 22.6 Å². The predicted molar refractivity (Wildman–Crippen MR) is 115 cm³/mol. The molecule has 1 fully saturated rings. The Kier molecular flexibility index (Phi) is 6.14. The number of ether oxygens (including phenoxy) is 2. The molecule has 1 aliphatic rings. The number of benzene rings is 2. The van der Waals surface area contributed by atoms with Crippen molar-refractivity contribution < 1.29 is 18.7 Å². The van der Waals surface area contributed by atoms with Gasteiger partial charge in [0.15, 0.2) is 11.3 Å². The fourth-order valence-corrected chi connectivity index (χ4v) is 3.56. The van der Waals surface area contributed by atoms with Gasteiger partial charge in [0.05, 0.1) is 18.9 Å². The lowest BCUT2D eigenvalue weighted by Crippen LogP contribution is -2.34. The van der Waals surface area contributed by atoms with E-state index in [0.29, 0.717) is 23.4 Å². The lowest BCUT2D eigenvalue weighted by Gasteiger charge is -2.12. The Balaban J connectivity index is 1.76. The van der Waals surface area contributed by atoms with Gasteiger partial charge < -0.3 is 19.2 Å². The Labute approximate surface area is 175 Å². The molecule has 156 valence electrons. The first-order valence-corrected chi connectivity index (χ1v) is 10.3. The van der Waals surface area contributed by atoms with Crippen molar-refractivity contribution in [2.45, 2.75) is 32.3 Å². The number of carbonyl (C=O) groups is 1. The molecule has 3 aromatic rings. The number of methoxy groups -OCH3 is 1. The molecular weight excluding hydrogens is 380 g/mol. The van der Waals surface area contributed by atoms with Crippen LogP contribution in [0.3, 0.4) is 0 Å². The Morgan fingerprint density at radius 2 is 2.07 bits per heavy atom. The third kappa shape index (κ3) is 4.39. The Hall–Kier alpha value is -3.12. The van der Waals surface area contributed by atoms with Gasteiger partial charge in [-0.2, -0.15) is 0 Å². The summed E-state index contributed by atoms with van der Waals surface area (Å²) in [5.41, 5.74) is 3.13. The first-order chi connectivity index (χ1) is 14.7. The molecule has 1 unspecified atom stereocenters. The Morgan fingerprint density at radius 3 is 2.77 bits per heavy atom. The van der Waals surface area contributed by atoms with Crippen molar-refractivity contribution in [1.82, 2.24) is 5.32 Å². The van der Waals surface area contributed by atoms with Crippen LogP contribution in [0.15, 0.2) is 57.9 Å². The van der Waals surface area contributed by atoms with Crippen LogP contribution in [-0.4, -0.2) is 32.3 Å². The van der Waals surface area contributed by atoms with Gasteiger partial charge in [-0.1, -0.05) is 31.2 Å². The first-order valence-electron chi connectivity index (χ1n) is 10.3. The summed E-state index contributed by atoms with van der Waals surface area (Å²) >= 11 is 0. The van der Waals surface area contributed by atoms with Crippen molar-refractivity contribution in [2.24, 2.45) is 4.99 Å². The highest BCUT2D eigenvalue weighted by atomic mass is 16.5. The minimum atomic E-state index is -0.233. The normalized spacial score (nSPS) is 16.7. The van der Waals surface area contributed by atoms with Crippen LogP contribution >= 0.6 is 0 Å². The largest absolute Gasteiger partial charge is 0.493 e. The predicted octanol–water partition coefficient (Wildman–Crippen LogP) is 4.15. The van der Waals surface area contributed by atoms with E-state index in [1.807, 2.05) is 42.5 Å². The fourth-order valence-electron chi connectivity index (χ4n) is 3.56. The van der Waals surface area contributed by atoms with E-state index < -0.39 is 0 Å². The molecule has 1 aliphatic heterocycles. The van der Waals surface area contributed by atoms with Gasteiger partial charge in [-0.25, -0.2) is 4.99 Å². The van der Waals surface area contributed by atoms with E-state index in [-0.39, 0.29) is 17.6 Å². The maximum Gasteiger partial charge on any atom is 0.256 e. The zero-order valence-corrected chi connectivity index (χ0v) is 17.3. The number of fused-ring (bicyclic) bond motifs is 1. The zero-order valence-electron chi connectivity index (χ0n) is 17.3. The van der Waals surface area contributed by atoms with E-state index in [0.717, 1.165) is 36.9 Å². The summed E-state index contributed by atoms with van der Waals surface area (Å²) in [7, 11) is 1.59. The second-order valence-corrected chi connectivity index (χ2v) is 7.32. The summed E-state index contributed by atoms with van der Waals surface area (Å²) in [5, 5.41) is 3.74. The number of hydrogen-bond acceptors (Lipinski definition) is 5. The highest BCUT2D eigenvalue weighted by molar-refractivity contribution is 5.97. The van der Waals surface area contributed by atoms with Gasteiger partial charge in [-0.3, -0.25) is 4.79 Å². The molecule has 4 rings (SSSR count). The Bertz CT molecular complexity index is 1100. The highest BCUT2D eigenvalue weighted by Crippen LogP contribution is 2.25. The summed E-state index contributed by atoms with van der Waals surface area (Å²) < 4.78 is 17.1. The van der Waals surface area contributed by atoms with Gasteiger partial charge in [-0.05, 0) is 49.1 Å². The molecule has 1 atom stereocenters. The number of nitrogens with zero attached hydrogens (tertiary/aromatic N) is 1. The number of para-hydroxylation sites is 1. The molecule has 1 amide bonds. The number of hydrogen-bond donors (Lipinski definition) is 1. The number of aryl methyl sites for hydroxylation is 1. The molecule has 6 nitrogen and oxygen atoms in total. The number of carbonyl (C=O) groups excluding carboxylic acids is 1. The van der Waals surface area contributed by atoms with Gasteiger partial charge in [-0.15, -0.1) is 0 Å². The molecule has 2 heterocycles. The number of amides is 1. The zero-order chi connectivity index (χ0) is 20.9. The summed E-state index contributed by atoms with van der Waals surface area (Å²) in [5.74, 6) is 0.361. The lowest BCUT2D eigenvalue weighted by molar-refractivity contribution is 0.0854. The van der Waals surface area contributed by atoms with Crippen LogP contribution in [-0.2, 0) is 11.2 Å². The monoisotopic (exact) mass is 406 g/mol. The molecule has 2 aromatic carbocycles. The number of rotatable bonds is 6. The summed E-state index contributed by atoms with van der Waals surface area (Å²) in [6.07, 6.45) is 3.00. The van der Waals surface area contributed by atoms with Gasteiger partial charge in [0.2, 0.25) is 5.55 Å². The molecule has 6 heteroatoms. The van der Waals surface area contributed by atoms with Crippen molar-refractivity contribution in [3.8, 4) is 5.75 Å². The van der Waals surface area contributed by atoms with Crippen LogP contribution in [0, 0.1) is 0 Å². The molecule has 1 aromatic heterocycles.